The highest BCUT2D eigenvalue weighted by molar-refractivity contribution is 5.93. The third-order valence-corrected chi connectivity index (χ3v) is 4.99. The zero-order valence-electron chi connectivity index (χ0n) is 16.7. The van der Waals surface area contributed by atoms with Crippen molar-refractivity contribution in [2.24, 2.45) is 0 Å². The molecule has 9 nitrogen and oxygen atoms in total. The van der Waals surface area contributed by atoms with Crippen LogP contribution in [-0.4, -0.2) is 44.7 Å². The summed E-state index contributed by atoms with van der Waals surface area (Å²) in [5.41, 5.74) is 0.283. The van der Waals surface area contributed by atoms with Gasteiger partial charge in [0, 0.05) is 25.2 Å². The summed E-state index contributed by atoms with van der Waals surface area (Å²) in [6, 6.07) is 13.1. The molecule has 2 amide bonds. The normalized spacial score (nSPS) is 13.1. The summed E-state index contributed by atoms with van der Waals surface area (Å²) >= 11 is 0. The van der Waals surface area contributed by atoms with Crippen molar-refractivity contribution in [2.75, 3.05) is 19.0 Å². The highest BCUT2D eigenvalue weighted by Gasteiger charge is 2.30. The second-order valence-corrected chi connectivity index (χ2v) is 6.98. The van der Waals surface area contributed by atoms with Gasteiger partial charge in [0.25, 0.3) is 5.91 Å². The Morgan fingerprint density at radius 2 is 1.87 bits per heavy atom. The SMILES string of the molecule is COc1ccccc1NC(=O)Cn1nc2n(c1=O)CCN(Cc1ccccc1F)C2=O. The quantitative estimate of drug-likeness (QED) is 0.645. The summed E-state index contributed by atoms with van der Waals surface area (Å²) < 4.78 is 21.3. The number of ether oxygens (including phenoxy) is 1. The van der Waals surface area contributed by atoms with E-state index in [4.69, 9.17) is 4.74 Å². The smallest absolute Gasteiger partial charge is 0.346 e. The Morgan fingerprint density at radius 3 is 2.65 bits per heavy atom. The molecule has 10 heteroatoms. The average molecular weight is 425 g/mol. The number of fused-ring (bicyclic) bond motifs is 1. The van der Waals surface area contributed by atoms with Gasteiger partial charge in [-0.05, 0) is 18.2 Å². The Labute approximate surface area is 176 Å². The van der Waals surface area contributed by atoms with Gasteiger partial charge in [-0.15, -0.1) is 5.10 Å². The van der Waals surface area contributed by atoms with Gasteiger partial charge in [-0.1, -0.05) is 30.3 Å². The molecule has 2 heterocycles. The molecule has 160 valence electrons. The molecule has 0 radical (unpaired) electrons. The molecule has 1 aliphatic rings. The Bertz CT molecular complexity index is 1200. The Balaban J connectivity index is 1.50. The third kappa shape index (κ3) is 4.04. The summed E-state index contributed by atoms with van der Waals surface area (Å²) in [5, 5.41) is 6.73. The molecule has 0 fully saturated rings. The first kappa shape index (κ1) is 20.3. The number of para-hydroxylation sites is 2. The summed E-state index contributed by atoms with van der Waals surface area (Å²) in [6.45, 7) is 0.153. The number of carbonyl (C=O) groups excluding carboxylic acids is 2. The lowest BCUT2D eigenvalue weighted by molar-refractivity contribution is -0.117. The number of rotatable bonds is 6. The average Bonchev–Trinajstić information content (AvgIpc) is 3.08. The van der Waals surface area contributed by atoms with Crippen LogP contribution in [-0.2, 0) is 24.4 Å². The number of nitrogens with zero attached hydrogens (tertiary/aromatic N) is 4. The molecule has 0 atom stereocenters. The van der Waals surface area contributed by atoms with E-state index in [1.807, 2.05) is 0 Å². The van der Waals surface area contributed by atoms with Crippen LogP contribution in [0.25, 0.3) is 0 Å². The number of methoxy groups -OCH3 is 1. The van der Waals surface area contributed by atoms with Gasteiger partial charge in [-0.3, -0.25) is 14.2 Å². The fourth-order valence-corrected chi connectivity index (χ4v) is 3.42. The summed E-state index contributed by atoms with van der Waals surface area (Å²) in [5.74, 6) is -0.978. The van der Waals surface area contributed by atoms with Gasteiger partial charge < -0.3 is 15.0 Å². The Morgan fingerprint density at radius 1 is 1.13 bits per heavy atom. The number of carbonyl (C=O) groups is 2. The van der Waals surface area contributed by atoms with Crippen LogP contribution in [0.5, 0.6) is 5.75 Å². The molecule has 0 unspecified atom stereocenters. The zero-order chi connectivity index (χ0) is 22.0. The molecule has 31 heavy (non-hydrogen) atoms. The van der Waals surface area contributed by atoms with E-state index in [1.165, 1.54) is 22.6 Å². The van der Waals surface area contributed by atoms with Crippen molar-refractivity contribution >= 4 is 17.5 Å². The first-order valence-electron chi connectivity index (χ1n) is 9.61. The number of benzene rings is 2. The first-order valence-corrected chi connectivity index (χ1v) is 9.61. The van der Waals surface area contributed by atoms with Crippen LogP contribution in [0.2, 0.25) is 0 Å². The predicted molar refractivity (Wildman–Crippen MR) is 109 cm³/mol. The summed E-state index contributed by atoms with van der Waals surface area (Å²) in [4.78, 5) is 39.3. The number of amides is 2. The molecule has 0 aliphatic carbocycles. The van der Waals surface area contributed by atoms with Crippen molar-refractivity contribution in [3.63, 3.8) is 0 Å². The van der Waals surface area contributed by atoms with Crippen LogP contribution in [0.4, 0.5) is 10.1 Å². The van der Waals surface area contributed by atoms with Crippen molar-refractivity contribution < 1.29 is 18.7 Å². The van der Waals surface area contributed by atoms with E-state index in [2.05, 4.69) is 10.4 Å². The van der Waals surface area contributed by atoms with Crippen molar-refractivity contribution in [3.8, 4) is 5.75 Å². The number of hydrogen-bond donors (Lipinski definition) is 1. The first-order chi connectivity index (χ1) is 15.0. The monoisotopic (exact) mass is 425 g/mol. The van der Waals surface area contributed by atoms with Crippen molar-refractivity contribution in [1.82, 2.24) is 19.2 Å². The van der Waals surface area contributed by atoms with E-state index < -0.39 is 23.3 Å². The van der Waals surface area contributed by atoms with Gasteiger partial charge in [0.1, 0.15) is 18.1 Å². The molecule has 2 aromatic carbocycles. The number of aromatic nitrogens is 3. The molecule has 1 N–H and O–H groups in total. The molecule has 1 aliphatic heterocycles. The van der Waals surface area contributed by atoms with Crippen LogP contribution >= 0.6 is 0 Å². The van der Waals surface area contributed by atoms with E-state index in [-0.39, 0.29) is 32.0 Å². The molecule has 3 aromatic rings. The highest BCUT2D eigenvalue weighted by Crippen LogP contribution is 2.23. The lowest BCUT2D eigenvalue weighted by atomic mass is 10.2. The van der Waals surface area contributed by atoms with Crippen LogP contribution < -0.4 is 15.7 Å². The number of nitrogens with one attached hydrogen (secondary N) is 1. The molecular formula is C21H20FN5O4. The van der Waals surface area contributed by atoms with E-state index in [1.54, 1.807) is 42.5 Å². The van der Waals surface area contributed by atoms with Gasteiger partial charge in [0.2, 0.25) is 11.7 Å². The van der Waals surface area contributed by atoms with Crippen LogP contribution in [0.15, 0.2) is 53.3 Å². The topological polar surface area (TPSA) is 98.5 Å². The minimum absolute atomic E-state index is 0.0703. The minimum atomic E-state index is -0.552. The fourth-order valence-electron chi connectivity index (χ4n) is 3.42. The van der Waals surface area contributed by atoms with E-state index in [9.17, 15) is 18.8 Å². The van der Waals surface area contributed by atoms with Crippen LogP contribution in [0.3, 0.4) is 0 Å². The lowest BCUT2D eigenvalue weighted by Crippen LogP contribution is -2.42. The standard InChI is InChI=1S/C21H20FN5O4/c1-31-17-9-5-4-8-16(17)23-18(28)13-27-21(30)26-11-10-25(20(29)19(26)24-27)12-14-6-2-3-7-15(14)22/h2-9H,10-13H2,1H3,(H,23,28). The molecule has 1 aromatic heterocycles. The number of hydrogen-bond acceptors (Lipinski definition) is 5. The fraction of sp³-hybridized carbons (Fsp3) is 0.238. The number of halogens is 1. The van der Waals surface area contributed by atoms with Crippen molar-refractivity contribution in [1.29, 1.82) is 0 Å². The summed E-state index contributed by atoms with van der Waals surface area (Å²) in [7, 11) is 1.48. The van der Waals surface area contributed by atoms with Gasteiger partial charge in [-0.2, -0.15) is 0 Å². The predicted octanol–water partition coefficient (Wildman–Crippen LogP) is 1.49. The van der Waals surface area contributed by atoms with Gasteiger partial charge in [0.05, 0.1) is 12.8 Å². The minimum Gasteiger partial charge on any atom is -0.495 e. The molecular weight excluding hydrogens is 405 g/mol. The summed E-state index contributed by atoms with van der Waals surface area (Å²) in [6.07, 6.45) is 0. The second-order valence-electron chi connectivity index (χ2n) is 6.98. The third-order valence-electron chi connectivity index (χ3n) is 4.99. The molecule has 0 bridgehead atoms. The van der Waals surface area contributed by atoms with Crippen LogP contribution in [0.1, 0.15) is 16.2 Å². The maximum Gasteiger partial charge on any atom is 0.346 e. The van der Waals surface area contributed by atoms with Crippen molar-refractivity contribution in [2.45, 2.75) is 19.6 Å². The molecule has 0 saturated heterocycles. The zero-order valence-corrected chi connectivity index (χ0v) is 16.7. The van der Waals surface area contributed by atoms with E-state index >= 15 is 0 Å². The second kappa shape index (κ2) is 8.42. The lowest BCUT2D eigenvalue weighted by Gasteiger charge is -2.26. The maximum absolute atomic E-state index is 13.9. The number of anilines is 1. The van der Waals surface area contributed by atoms with Gasteiger partial charge in [0.15, 0.2) is 0 Å². The Hall–Kier alpha value is -3.95. The van der Waals surface area contributed by atoms with Crippen LogP contribution in [0, 0.1) is 5.82 Å². The maximum atomic E-state index is 13.9. The Kier molecular flexibility index (Phi) is 5.52. The highest BCUT2D eigenvalue weighted by atomic mass is 19.1. The largest absolute Gasteiger partial charge is 0.495 e. The molecule has 4 rings (SSSR count). The van der Waals surface area contributed by atoms with Crippen molar-refractivity contribution in [3.05, 3.63) is 76.2 Å². The van der Waals surface area contributed by atoms with Gasteiger partial charge in [-0.25, -0.2) is 13.9 Å². The van der Waals surface area contributed by atoms with E-state index in [0.29, 0.717) is 17.0 Å². The van der Waals surface area contributed by atoms with E-state index in [0.717, 1.165) is 4.68 Å². The molecule has 0 spiro atoms. The van der Waals surface area contributed by atoms with Gasteiger partial charge >= 0.3 is 5.69 Å². The molecule has 0 saturated carbocycles.